The summed E-state index contributed by atoms with van der Waals surface area (Å²) in [6.07, 6.45) is 3.87. The molecule has 2 aromatic rings. The van der Waals surface area contributed by atoms with Crippen LogP contribution in [0.1, 0.15) is 43.5 Å². The first-order chi connectivity index (χ1) is 12.1. The number of para-hydroxylation sites is 1. The van der Waals surface area contributed by atoms with Crippen LogP contribution in [0.2, 0.25) is 0 Å². The number of likely N-dealkylation sites (tertiary alicyclic amines) is 1. The average Bonchev–Trinajstić information content (AvgIpc) is 2.61. The Morgan fingerprint density at radius 3 is 2.76 bits per heavy atom. The highest BCUT2D eigenvalue weighted by Gasteiger charge is 2.15. The third kappa shape index (κ3) is 4.69. The summed E-state index contributed by atoms with van der Waals surface area (Å²) >= 11 is 0. The smallest absolute Gasteiger partial charge is 0.252 e. The molecule has 0 bridgehead atoms. The van der Waals surface area contributed by atoms with Crippen molar-refractivity contribution in [1.82, 2.24) is 15.2 Å². The number of fused-ring (bicyclic) bond motifs is 1. The van der Waals surface area contributed by atoms with Gasteiger partial charge in [-0.3, -0.25) is 4.79 Å². The normalized spacial score (nSPS) is 15.5. The number of piperidine rings is 1. The Hall–Kier alpha value is -2.14. The molecule has 0 saturated carbocycles. The number of amides is 1. The third-order valence-electron chi connectivity index (χ3n) is 4.46. The molecule has 1 amide bonds. The number of hydrogen-bond acceptors (Lipinski definition) is 4. The lowest BCUT2D eigenvalue weighted by atomic mass is 10.1. The maximum atomic E-state index is 12.7. The topological polar surface area (TPSA) is 54.5 Å². The van der Waals surface area contributed by atoms with Gasteiger partial charge in [-0.25, -0.2) is 4.98 Å². The first kappa shape index (κ1) is 17.7. The molecular weight excluding hydrogens is 314 g/mol. The molecule has 25 heavy (non-hydrogen) atoms. The molecule has 1 aromatic heterocycles. The SMILES string of the molecule is CC(C)Oc1cc(C(=O)NCCN2CCCCC2)c2ccccc2n1. The minimum absolute atomic E-state index is 0.0173. The Bertz CT molecular complexity index is 724. The summed E-state index contributed by atoms with van der Waals surface area (Å²) in [5, 5.41) is 3.91. The molecule has 0 spiro atoms. The Morgan fingerprint density at radius 1 is 1.24 bits per heavy atom. The molecule has 0 aliphatic carbocycles. The van der Waals surface area contributed by atoms with Gasteiger partial charge in [-0.15, -0.1) is 0 Å². The van der Waals surface area contributed by atoms with E-state index in [4.69, 9.17) is 4.74 Å². The van der Waals surface area contributed by atoms with Gasteiger partial charge in [0.25, 0.3) is 5.91 Å². The van der Waals surface area contributed by atoms with Crippen LogP contribution in [0.4, 0.5) is 0 Å². The second-order valence-electron chi connectivity index (χ2n) is 6.85. The van der Waals surface area contributed by atoms with Crippen molar-refractivity contribution in [3.63, 3.8) is 0 Å². The van der Waals surface area contributed by atoms with Crippen LogP contribution in [0.25, 0.3) is 10.9 Å². The Balaban J connectivity index is 1.72. The summed E-state index contributed by atoms with van der Waals surface area (Å²) in [6, 6.07) is 9.44. The highest BCUT2D eigenvalue weighted by molar-refractivity contribution is 6.06. The van der Waals surface area contributed by atoms with E-state index in [9.17, 15) is 4.79 Å². The summed E-state index contributed by atoms with van der Waals surface area (Å²) in [5.41, 5.74) is 1.40. The summed E-state index contributed by atoms with van der Waals surface area (Å²) in [6.45, 7) is 7.76. The molecule has 1 saturated heterocycles. The van der Waals surface area contributed by atoms with Crippen LogP contribution in [0.15, 0.2) is 30.3 Å². The summed E-state index contributed by atoms with van der Waals surface area (Å²) in [4.78, 5) is 19.6. The van der Waals surface area contributed by atoms with E-state index in [0.717, 1.165) is 30.5 Å². The van der Waals surface area contributed by atoms with Crippen LogP contribution in [-0.4, -0.2) is 48.1 Å². The van der Waals surface area contributed by atoms with E-state index in [1.54, 1.807) is 6.07 Å². The number of carbonyl (C=O) groups is 1. The van der Waals surface area contributed by atoms with Crippen molar-refractivity contribution >= 4 is 16.8 Å². The molecule has 1 fully saturated rings. The van der Waals surface area contributed by atoms with E-state index in [0.29, 0.717) is 18.0 Å². The van der Waals surface area contributed by atoms with Gasteiger partial charge in [-0.05, 0) is 45.8 Å². The number of aromatic nitrogens is 1. The van der Waals surface area contributed by atoms with Crippen molar-refractivity contribution in [3.8, 4) is 5.88 Å². The number of nitrogens with zero attached hydrogens (tertiary/aromatic N) is 2. The van der Waals surface area contributed by atoms with Crippen molar-refractivity contribution in [1.29, 1.82) is 0 Å². The van der Waals surface area contributed by atoms with Crippen molar-refractivity contribution in [3.05, 3.63) is 35.9 Å². The van der Waals surface area contributed by atoms with Crippen molar-refractivity contribution in [2.45, 2.75) is 39.2 Å². The minimum atomic E-state index is -0.0655. The van der Waals surface area contributed by atoms with Gasteiger partial charge < -0.3 is 15.0 Å². The Labute approximate surface area is 149 Å². The molecule has 0 unspecified atom stereocenters. The number of nitrogens with one attached hydrogen (secondary N) is 1. The monoisotopic (exact) mass is 341 g/mol. The van der Waals surface area contributed by atoms with E-state index in [1.807, 2.05) is 38.1 Å². The van der Waals surface area contributed by atoms with Crippen LogP contribution < -0.4 is 10.1 Å². The van der Waals surface area contributed by atoms with E-state index in [1.165, 1.54) is 19.3 Å². The predicted molar refractivity (Wildman–Crippen MR) is 100 cm³/mol. The molecule has 0 radical (unpaired) electrons. The molecule has 1 aromatic carbocycles. The second kappa shape index (κ2) is 8.30. The van der Waals surface area contributed by atoms with Crippen LogP contribution in [-0.2, 0) is 0 Å². The Morgan fingerprint density at radius 2 is 2.00 bits per heavy atom. The van der Waals surface area contributed by atoms with Gasteiger partial charge in [0.1, 0.15) is 0 Å². The van der Waals surface area contributed by atoms with E-state index in [-0.39, 0.29) is 12.0 Å². The lowest BCUT2D eigenvalue weighted by Crippen LogP contribution is -2.37. The highest BCUT2D eigenvalue weighted by atomic mass is 16.5. The molecule has 5 nitrogen and oxygen atoms in total. The van der Waals surface area contributed by atoms with Gasteiger partial charge in [-0.2, -0.15) is 0 Å². The Kier molecular flexibility index (Phi) is 5.87. The fourth-order valence-electron chi connectivity index (χ4n) is 3.25. The fourth-order valence-corrected chi connectivity index (χ4v) is 3.25. The zero-order chi connectivity index (χ0) is 17.6. The molecule has 1 N–H and O–H groups in total. The molecule has 1 aliphatic heterocycles. The first-order valence-corrected chi connectivity index (χ1v) is 9.20. The molecule has 3 rings (SSSR count). The van der Waals surface area contributed by atoms with E-state index < -0.39 is 0 Å². The highest BCUT2D eigenvalue weighted by Crippen LogP contribution is 2.22. The number of ether oxygens (including phenoxy) is 1. The maximum Gasteiger partial charge on any atom is 0.252 e. The number of benzene rings is 1. The number of rotatable bonds is 6. The van der Waals surface area contributed by atoms with Gasteiger partial charge >= 0.3 is 0 Å². The quantitative estimate of drug-likeness (QED) is 0.876. The summed E-state index contributed by atoms with van der Waals surface area (Å²) < 4.78 is 5.71. The van der Waals surface area contributed by atoms with Crippen molar-refractivity contribution in [2.75, 3.05) is 26.2 Å². The zero-order valence-corrected chi connectivity index (χ0v) is 15.1. The van der Waals surface area contributed by atoms with Gasteiger partial charge in [0.2, 0.25) is 5.88 Å². The molecule has 5 heteroatoms. The second-order valence-corrected chi connectivity index (χ2v) is 6.85. The fraction of sp³-hybridized carbons (Fsp3) is 0.500. The minimum Gasteiger partial charge on any atom is -0.475 e. The standard InChI is InChI=1S/C20H27N3O2/c1-15(2)25-19-14-17(16-8-4-5-9-18(16)22-19)20(24)21-10-13-23-11-6-3-7-12-23/h4-5,8-9,14-15H,3,6-7,10-13H2,1-2H3,(H,21,24). The van der Waals surface area contributed by atoms with Gasteiger partial charge in [-0.1, -0.05) is 24.6 Å². The molecule has 2 heterocycles. The predicted octanol–water partition coefficient (Wildman–Crippen LogP) is 3.24. The number of carbonyl (C=O) groups excluding carboxylic acids is 1. The van der Waals surface area contributed by atoms with E-state index >= 15 is 0 Å². The largest absolute Gasteiger partial charge is 0.475 e. The van der Waals surface area contributed by atoms with Crippen LogP contribution in [0.3, 0.4) is 0 Å². The van der Waals surface area contributed by atoms with Crippen LogP contribution in [0, 0.1) is 0 Å². The van der Waals surface area contributed by atoms with Crippen LogP contribution in [0.5, 0.6) is 5.88 Å². The summed E-state index contributed by atoms with van der Waals surface area (Å²) in [5.74, 6) is 0.430. The average molecular weight is 341 g/mol. The van der Waals surface area contributed by atoms with Crippen molar-refractivity contribution in [2.24, 2.45) is 0 Å². The van der Waals surface area contributed by atoms with Crippen LogP contribution >= 0.6 is 0 Å². The number of pyridine rings is 1. The van der Waals surface area contributed by atoms with Gasteiger partial charge in [0.05, 0.1) is 17.2 Å². The lowest BCUT2D eigenvalue weighted by Gasteiger charge is -2.26. The molecule has 0 atom stereocenters. The van der Waals surface area contributed by atoms with Gasteiger partial charge in [0, 0.05) is 24.5 Å². The maximum absolute atomic E-state index is 12.7. The third-order valence-corrected chi connectivity index (χ3v) is 4.46. The lowest BCUT2D eigenvalue weighted by molar-refractivity contribution is 0.0947. The summed E-state index contributed by atoms with van der Waals surface area (Å²) in [7, 11) is 0. The number of hydrogen-bond donors (Lipinski definition) is 1. The zero-order valence-electron chi connectivity index (χ0n) is 15.1. The molecule has 1 aliphatic rings. The first-order valence-electron chi connectivity index (χ1n) is 9.20. The van der Waals surface area contributed by atoms with Gasteiger partial charge in [0.15, 0.2) is 0 Å². The molecule has 134 valence electrons. The molecular formula is C20H27N3O2. The van der Waals surface area contributed by atoms with Crippen molar-refractivity contribution < 1.29 is 9.53 Å². The van der Waals surface area contributed by atoms with E-state index in [2.05, 4.69) is 15.2 Å².